The largest absolute Gasteiger partial charge is 0.359 e. The molecule has 1 aliphatic rings. The van der Waals surface area contributed by atoms with E-state index in [1.165, 1.54) is 0 Å². The Morgan fingerprint density at radius 3 is 2.67 bits per heavy atom. The van der Waals surface area contributed by atoms with Crippen molar-refractivity contribution in [3.63, 3.8) is 0 Å². The van der Waals surface area contributed by atoms with E-state index in [2.05, 4.69) is 20.2 Å². The Morgan fingerprint density at radius 2 is 2.10 bits per heavy atom. The Kier molecular flexibility index (Phi) is 4.77. The number of amides is 1. The van der Waals surface area contributed by atoms with Gasteiger partial charge in [0.25, 0.3) is 0 Å². The highest BCUT2D eigenvalue weighted by Gasteiger charge is 2.37. The number of carbonyl (C=O) groups is 1. The van der Waals surface area contributed by atoms with Gasteiger partial charge in [0.1, 0.15) is 0 Å². The molecule has 1 fully saturated rings. The van der Waals surface area contributed by atoms with Crippen molar-refractivity contribution in [2.24, 2.45) is 5.41 Å². The SMILES string of the molecule is CNC(=O)[C@]1(C)CCCN(Cc2cnc(N(C)C)nc2)C1. The fourth-order valence-corrected chi connectivity index (χ4v) is 2.89. The Hall–Kier alpha value is -1.69. The zero-order valence-electron chi connectivity index (χ0n) is 13.4. The number of aromatic nitrogens is 2. The van der Waals surface area contributed by atoms with Gasteiger partial charge in [-0.15, -0.1) is 0 Å². The predicted molar refractivity (Wildman–Crippen MR) is 83.0 cm³/mol. The molecule has 6 nitrogen and oxygen atoms in total. The first-order valence-electron chi connectivity index (χ1n) is 7.37. The van der Waals surface area contributed by atoms with Crippen LogP contribution < -0.4 is 10.2 Å². The quantitative estimate of drug-likeness (QED) is 0.893. The van der Waals surface area contributed by atoms with Gasteiger partial charge in [0.15, 0.2) is 0 Å². The topological polar surface area (TPSA) is 61.4 Å². The molecule has 1 atom stereocenters. The Balaban J connectivity index is 2.01. The van der Waals surface area contributed by atoms with Gasteiger partial charge in [0.2, 0.25) is 11.9 Å². The maximum Gasteiger partial charge on any atom is 0.226 e. The molecule has 1 N–H and O–H groups in total. The summed E-state index contributed by atoms with van der Waals surface area (Å²) in [5.41, 5.74) is 0.791. The van der Waals surface area contributed by atoms with Crippen molar-refractivity contribution >= 4 is 11.9 Å². The zero-order valence-corrected chi connectivity index (χ0v) is 13.4. The summed E-state index contributed by atoms with van der Waals surface area (Å²) >= 11 is 0. The van der Waals surface area contributed by atoms with Gasteiger partial charge in [-0.2, -0.15) is 0 Å². The van der Waals surface area contributed by atoms with Crippen molar-refractivity contribution in [1.29, 1.82) is 0 Å². The molecule has 1 aromatic rings. The molecule has 21 heavy (non-hydrogen) atoms. The minimum atomic E-state index is -0.294. The summed E-state index contributed by atoms with van der Waals surface area (Å²) in [7, 11) is 5.56. The third-order valence-corrected chi connectivity index (χ3v) is 4.05. The first-order valence-corrected chi connectivity index (χ1v) is 7.37. The lowest BCUT2D eigenvalue weighted by molar-refractivity contribution is -0.132. The highest BCUT2D eigenvalue weighted by atomic mass is 16.2. The van der Waals surface area contributed by atoms with E-state index in [4.69, 9.17) is 0 Å². The van der Waals surface area contributed by atoms with Crippen LogP contribution in [0.1, 0.15) is 25.3 Å². The van der Waals surface area contributed by atoms with Crippen LogP contribution in [0.25, 0.3) is 0 Å². The molecular formula is C15H25N5O. The summed E-state index contributed by atoms with van der Waals surface area (Å²) in [5, 5.41) is 2.78. The average Bonchev–Trinajstić information content (AvgIpc) is 2.47. The van der Waals surface area contributed by atoms with Crippen LogP contribution in [0.2, 0.25) is 0 Å². The molecule has 0 aromatic carbocycles. The van der Waals surface area contributed by atoms with Crippen molar-refractivity contribution in [2.75, 3.05) is 39.1 Å². The number of anilines is 1. The van der Waals surface area contributed by atoms with Crippen molar-refractivity contribution in [3.8, 4) is 0 Å². The number of hydrogen-bond acceptors (Lipinski definition) is 5. The minimum Gasteiger partial charge on any atom is -0.359 e. The van der Waals surface area contributed by atoms with Gasteiger partial charge < -0.3 is 10.2 Å². The van der Waals surface area contributed by atoms with E-state index in [1.807, 2.05) is 38.3 Å². The van der Waals surface area contributed by atoms with E-state index in [0.717, 1.165) is 38.0 Å². The fourth-order valence-electron chi connectivity index (χ4n) is 2.89. The second-order valence-corrected chi connectivity index (χ2v) is 6.24. The zero-order chi connectivity index (χ0) is 15.5. The molecule has 1 aromatic heterocycles. The number of nitrogens with zero attached hydrogens (tertiary/aromatic N) is 4. The highest BCUT2D eigenvalue weighted by molar-refractivity contribution is 5.82. The Bertz CT molecular complexity index is 487. The van der Waals surface area contributed by atoms with Crippen LogP contribution in [0, 0.1) is 5.41 Å². The van der Waals surface area contributed by atoms with E-state index in [9.17, 15) is 4.79 Å². The van der Waals surface area contributed by atoms with Crippen molar-refractivity contribution in [1.82, 2.24) is 20.2 Å². The van der Waals surface area contributed by atoms with Crippen LogP contribution in [0.15, 0.2) is 12.4 Å². The van der Waals surface area contributed by atoms with Gasteiger partial charge in [-0.25, -0.2) is 9.97 Å². The van der Waals surface area contributed by atoms with Gasteiger partial charge in [-0.3, -0.25) is 9.69 Å². The molecule has 0 spiro atoms. The summed E-state index contributed by atoms with van der Waals surface area (Å²) in [6.45, 7) is 4.63. The number of piperidine rings is 1. The Morgan fingerprint density at radius 1 is 1.43 bits per heavy atom. The normalized spacial score (nSPS) is 22.9. The summed E-state index contributed by atoms with van der Waals surface area (Å²) < 4.78 is 0. The fraction of sp³-hybridized carbons (Fsp3) is 0.667. The second kappa shape index (κ2) is 6.39. The molecule has 1 amide bonds. The maximum atomic E-state index is 12.0. The first-order chi connectivity index (χ1) is 9.94. The smallest absolute Gasteiger partial charge is 0.226 e. The van der Waals surface area contributed by atoms with Crippen molar-refractivity contribution in [2.45, 2.75) is 26.3 Å². The van der Waals surface area contributed by atoms with Crippen LogP contribution in [-0.2, 0) is 11.3 Å². The minimum absolute atomic E-state index is 0.131. The first kappa shape index (κ1) is 15.7. The van der Waals surface area contributed by atoms with E-state index < -0.39 is 0 Å². The Labute approximate surface area is 126 Å². The summed E-state index contributed by atoms with van der Waals surface area (Å²) in [5.74, 6) is 0.846. The number of carbonyl (C=O) groups excluding carboxylic acids is 1. The third kappa shape index (κ3) is 3.69. The maximum absolute atomic E-state index is 12.0. The molecule has 0 unspecified atom stereocenters. The third-order valence-electron chi connectivity index (χ3n) is 4.05. The van der Waals surface area contributed by atoms with Crippen LogP contribution in [0.4, 0.5) is 5.95 Å². The number of rotatable bonds is 4. The van der Waals surface area contributed by atoms with E-state index in [-0.39, 0.29) is 11.3 Å². The summed E-state index contributed by atoms with van der Waals surface area (Å²) in [4.78, 5) is 24.9. The number of likely N-dealkylation sites (tertiary alicyclic amines) is 1. The standard InChI is InChI=1S/C15H25N5O/c1-15(13(21)16-2)6-5-7-20(11-15)10-12-8-17-14(18-9-12)19(3)4/h8-9H,5-7,10-11H2,1-4H3,(H,16,21)/t15-/m1/s1. The molecule has 0 saturated carbocycles. The molecule has 0 aliphatic carbocycles. The van der Waals surface area contributed by atoms with Crippen LogP contribution in [0.5, 0.6) is 0 Å². The average molecular weight is 291 g/mol. The van der Waals surface area contributed by atoms with Crippen LogP contribution in [0.3, 0.4) is 0 Å². The summed E-state index contributed by atoms with van der Waals surface area (Å²) in [6.07, 6.45) is 5.72. The highest BCUT2D eigenvalue weighted by Crippen LogP contribution is 2.30. The predicted octanol–water partition coefficient (Wildman–Crippen LogP) is 0.891. The number of nitrogens with one attached hydrogen (secondary N) is 1. The molecule has 1 saturated heterocycles. The van der Waals surface area contributed by atoms with Gasteiger partial charge in [0.05, 0.1) is 5.41 Å². The lowest BCUT2D eigenvalue weighted by Crippen LogP contribution is -2.49. The molecule has 1 aliphatic heterocycles. The summed E-state index contributed by atoms with van der Waals surface area (Å²) in [6, 6.07) is 0. The molecular weight excluding hydrogens is 266 g/mol. The van der Waals surface area contributed by atoms with Crippen molar-refractivity contribution < 1.29 is 4.79 Å². The van der Waals surface area contributed by atoms with Crippen LogP contribution >= 0.6 is 0 Å². The van der Waals surface area contributed by atoms with Gasteiger partial charge in [0, 0.05) is 52.2 Å². The van der Waals surface area contributed by atoms with Gasteiger partial charge >= 0.3 is 0 Å². The lowest BCUT2D eigenvalue weighted by atomic mass is 9.81. The van der Waals surface area contributed by atoms with E-state index in [0.29, 0.717) is 5.95 Å². The molecule has 6 heteroatoms. The van der Waals surface area contributed by atoms with Gasteiger partial charge in [-0.05, 0) is 26.3 Å². The molecule has 116 valence electrons. The van der Waals surface area contributed by atoms with Crippen molar-refractivity contribution in [3.05, 3.63) is 18.0 Å². The van der Waals surface area contributed by atoms with Crippen LogP contribution in [-0.4, -0.2) is 55.0 Å². The lowest BCUT2D eigenvalue weighted by Gasteiger charge is -2.39. The second-order valence-electron chi connectivity index (χ2n) is 6.24. The number of hydrogen-bond donors (Lipinski definition) is 1. The van der Waals surface area contributed by atoms with E-state index >= 15 is 0 Å². The molecule has 0 radical (unpaired) electrons. The molecule has 2 heterocycles. The monoisotopic (exact) mass is 291 g/mol. The van der Waals surface area contributed by atoms with E-state index in [1.54, 1.807) is 7.05 Å². The molecule has 2 rings (SSSR count). The molecule has 0 bridgehead atoms. The van der Waals surface area contributed by atoms with Gasteiger partial charge in [-0.1, -0.05) is 0 Å².